The van der Waals surface area contributed by atoms with Crippen molar-refractivity contribution in [2.24, 2.45) is 7.05 Å². The van der Waals surface area contributed by atoms with Crippen molar-refractivity contribution in [2.45, 2.75) is 0 Å². The highest BCUT2D eigenvalue weighted by Crippen LogP contribution is 2.22. The molecule has 0 aliphatic carbocycles. The number of carbonyl (C=O) groups excluding carboxylic acids is 1. The van der Waals surface area contributed by atoms with Crippen molar-refractivity contribution >= 4 is 6.29 Å². The second-order valence-corrected chi connectivity index (χ2v) is 3.25. The first-order valence-corrected chi connectivity index (χ1v) is 4.44. The Bertz CT molecular complexity index is 505. The number of hydrogen-bond acceptors (Lipinski definition) is 2. The molecule has 15 heavy (non-hydrogen) atoms. The number of rotatable bonds is 2. The molecule has 0 amide bonds. The van der Waals surface area contributed by atoms with Gasteiger partial charge < -0.3 is 0 Å². The summed E-state index contributed by atoms with van der Waals surface area (Å²) in [5, 5.41) is 4.00. The Labute approximate surface area is 86.2 Å². The fourth-order valence-corrected chi connectivity index (χ4v) is 1.45. The van der Waals surface area contributed by atoms with Crippen LogP contribution in [0.15, 0.2) is 30.6 Å². The minimum absolute atomic E-state index is 0.336. The maximum atomic E-state index is 12.9. The Morgan fingerprint density at radius 3 is 2.87 bits per heavy atom. The number of aromatic nitrogens is 2. The summed E-state index contributed by atoms with van der Waals surface area (Å²) in [6, 6.07) is 4.13. The summed E-state index contributed by atoms with van der Waals surface area (Å²) in [4.78, 5) is 10.8. The van der Waals surface area contributed by atoms with E-state index < -0.39 is 5.82 Å². The molecule has 0 radical (unpaired) electrons. The molecule has 0 N–H and O–H groups in total. The van der Waals surface area contributed by atoms with Crippen LogP contribution in [0, 0.1) is 5.82 Å². The zero-order chi connectivity index (χ0) is 10.8. The van der Waals surface area contributed by atoms with Crippen LogP contribution in [0.25, 0.3) is 11.1 Å². The van der Waals surface area contributed by atoms with E-state index in [0.29, 0.717) is 17.4 Å². The lowest BCUT2D eigenvalue weighted by Crippen LogP contribution is -1.88. The van der Waals surface area contributed by atoms with Gasteiger partial charge in [-0.1, -0.05) is 6.07 Å². The lowest BCUT2D eigenvalue weighted by Gasteiger charge is -2.01. The van der Waals surface area contributed by atoms with Crippen molar-refractivity contribution in [3.63, 3.8) is 0 Å². The molecule has 0 saturated heterocycles. The van der Waals surface area contributed by atoms with Crippen molar-refractivity contribution in [3.05, 3.63) is 42.0 Å². The Kier molecular flexibility index (Phi) is 2.33. The average Bonchev–Trinajstić information content (AvgIpc) is 2.64. The average molecular weight is 204 g/mol. The van der Waals surface area contributed by atoms with E-state index in [1.165, 1.54) is 12.1 Å². The third-order valence-corrected chi connectivity index (χ3v) is 2.16. The monoisotopic (exact) mass is 204 g/mol. The van der Waals surface area contributed by atoms with Crippen molar-refractivity contribution in [3.8, 4) is 11.1 Å². The van der Waals surface area contributed by atoms with Crippen LogP contribution in [0.1, 0.15) is 10.4 Å². The summed E-state index contributed by atoms with van der Waals surface area (Å²) in [5.41, 5.74) is 1.84. The second kappa shape index (κ2) is 3.65. The highest BCUT2D eigenvalue weighted by molar-refractivity contribution is 5.87. The first-order valence-electron chi connectivity index (χ1n) is 4.44. The molecule has 1 aromatic carbocycles. The molecule has 1 heterocycles. The van der Waals surface area contributed by atoms with Gasteiger partial charge in [0.2, 0.25) is 0 Å². The predicted octanol–water partition coefficient (Wildman–Crippen LogP) is 2.04. The molecule has 1 aromatic heterocycles. The summed E-state index contributed by atoms with van der Waals surface area (Å²) in [7, 11) is 1.79. The van der Waals surface area contributed by atoms with Crippen LogP contribution in [0.4, 0.5) is 4.39 Å². The lowest BCUT2D eigenvalue weighted by atomic mass is 10.0. The van der Waals surface area contributed by atoms with Crippen molar-refractivity contribution < 1.29 is 9.18 Å². The minimum atomic E-state index is -0.412. The van der Waals surface area contributed by atoms with E-state index in [0.717, 1.165) is 5.56 Å². The second-order valence-electron chi connectivity index (χ2n) is 3.25. The van der Waals surface area contributed by atoms with E-state index in [1.807, 2.05) is 0 Å². The summed E-state index contributed by atoms with van der Waals surface area (Å²) in [6.45, 7) is 0. The molecule has 0 fully saturated rings. The van der Waals surface area contributed by atoms with Crippen LogP contribution in [-0.2, 0) is 7.05 Å². The Hall–Kier alpha value is -1.97. The van der Waals surface area contributed by atoms with Gasteiger partial charge >= 0.3 is 0 Å². The molecule has 0 atom stereocenters. The van der Waals surface area contributed by atoms with Crippen LogP contribution in [0.5, 0.6) is 0 Å². The van der Waals surface area contributed by atoms with Gasteiger partial charge in [-0.2, -0.15) is 5.10 Å². The molecule has 0 unspecified atom stereocenters. The number of halogens is 1. The quantitative estimate of drug-likeness (QED) is 0.701. The van der Waals surface area contributed by atoms with Crippen LogP contribution >= 0.6 is 0 Å². The number of hydrogen-bond donors (Lipinski definition) is 0. The van der Waals surface area contributed by atoms with Gasteiger partial charge in [0, 0.05) is 24.4 Å². The first kappa shape index (κ1) is 9.58. The molecule has 0 spiro atoms. The summed E-state index contributed by atoms with van der Waals surface area (Å²) < 4.78 is 14.5. The molecule has 0 saturated carbocycles. The summed E-state index contributed by atoms with van der Waals surface area (Å²) in [5.74, 6) is -0.412. The largest absolute Gasteiger partial charge is 0.298 e. The molecule has 0 aliphatic heterocycles. The van der Waals surface area contributed by atoms with Gasteiger partial charge in [0.05, 0.1) is 6.20 Å². The highest BCUT2D eigenvalue weighted by Gasteiger charge is 2.07. The number of aryl methyl sites for hydroxylation is 1. The molecule has 0 bridgehead atoms. The molecule has 3 nitrogen and oxygen atoms in total. The van der Waals surface area contributed by atoms with Gasteiger partial charge in [0.15, 0.2) is 6.29 Å². The predicted molar refractivity (Wildman–Crippen MR) is 54.0 cm³/mol. The number of aldehydes is 1. The SMILES string of the molecule is Cn1cc(-c2ccc(F)cc2C=O)cn1. The number of nitrogens with zero attached hydrogens (tertiary/aromatic N) is 2. The van der Waals surface area contributed by atoms with E-state index in [2.05, 4.69) is 5.10 Å². The van der Waals surface area contributed by atoms with Crippen LogP contribution in [0.2, 0.25) is 0 Å². The minimum Gasteiger partial charge on any atom is -0.298 e. The third kappa shape index (κ3) is 1.79. The third-order valence-electron chi connectivity index (χ3n) is 2.16. The summed E-state index contributed by atoms with van der Waals surface area (Å²) in [6.07, 6.45) is 4.06. The fraction of sp³-hybridized carbons (Fsp3) is 0.0909. The maximum absolute atomic E-state index is 12.9. The van der Waals surface area contributed by atoms with Crippen molar-refractivity contribution in [1.29, 1.82) is 0 Å². The Morgan fingerprint density at radius 2 is 2.27 bits per heavy atom. The van der Waals surface area contributed by atoms with Gasteiger partial charge in [-0.15, -0.1) is 0 Å². The molecule has 0 aliphatic rings. The van der Waals surface area contributed by atoms with E-state index in [-0.39, 0.29) is 0 Å². The molecule has 2 aromatic rings. The number of carbonyl (C=O) groups is 1. The van der Waals surface area contributed by atoms with Gasteiger partial charge in [0.25, 0.3) is 0 Å². The van der Waals surface area contributed by atoms with Gasteiger partial charge in [-0.05, 0) is 17.7 Å². The zero-order valence-corrected chi connectivity index (χ0v) is 8.14. The highest BCUT2D eigenvalue weighted by atomic mass is 19.1. The fourth-order valence-electron chi connectivity index (χ4n) is 1.45. The normalized spacial score (nSPS) is 10.3. The van der Waals surface area contributed by atoms with Gasteiger partial charge in [0.1, 0.15) is 5.82 Å². The van der Waals surface area contributed by atoms with E-state index in [9.17, 15) is 9.18 Å². The van der Waals surface area contributed by atoms with Crippen LogP contribution < -0.4 is 0 Å². The van der Waals surface area contributed by atoms with Crippen molar-refractivity contribution in [2.75, 3.05) is 0 Å². The van der Waals surface area contributed by atoms with Gasteiger partial charge in [-0.3, -0.25) is 9.48 Å². The van der Waals surface area contributed by atoms with Crippen molar-refractivity contribution in [1.82, 2.24) is 9.78 Å². The number of benzene rings is 1. The summed E-state index contributed by atoms with van der Waals surface area (Å²) >= 11 is 0. The smallest absolute Gasteiger partial charge is 0.150 e. The molecular weight excluding hydrogens is 195 g/mol. The molecule has 2 rings (SSSR count). The van der Waals surface area contributed by atoms with E-state index in [4.69, 9.17) is 0 Å². The molecule has 76 valence electrons. The van der Waals surface area contributed by atoms with Gasteiger partial charge in [-0.25, -0.2) is 4.39 Å². The molecule has 4 heteroatoms. The van der Waals surface area contributed by atoms with Crippen LogP contribution in [0.3, 0.4) is 0 Å². The lowest BCUT2D eigenvalue weighted by molar-refractivity contribution is 0.112. The Morgan fingerprint density at radius 1 is 1.47 bits per heavy atom. The standard InChI is InChI=1S/C11H9FN2O/c1-14-6-9(5-13-14)11-3-2-10(12)4-8(11)7-15/h2-7H,1H3. The van der Waals surface area contributed by atoms with Crippen LogP contribution in [-0.4, -0.2) is 16.1 Å². The van der Waals surface area contributed by atoms with E-state index in [1.54, 1.807) is 30.2 Å². The zero-order valence-electron chi connectivity index (χ0n) is 8.14. The maximum Gasteiger partial charge on any atom is 0.150 e. The Balaban J connectivity index is 2.57. The van der Waals surface area contributed by atoms with E-state index >= 15 is 0 Å². The topological polar surface area (TPSA) is 34.9 Å². The first-order chi connectivity index (χ1) is 7.20. The molecular formula is C11H9FN2O.